The van der Waals surface area contributed by atoms with Gasteiger partial charge in [0, 0.05) is 25.1 Å². The molecule has 2 aromatic rings. The lowest BCUT2D eigenvalue weighted by atomic mass is 10.2. The number of imidazole rings is 1. The van der Waals surface area contributed by atoms with E-state index in [0.29, 0.717) is 36.7 Å². The second kappa shape index (κ2) is 5.40. The van der Waals surface area contributed by atoms with Crippen molar-refractivity contribution in [2.75, 3.05) is 13.2 Å². The number of rotatable bonds is 3. The summed E-state index contributed by atoms with van der Waals surface area (Å²) in [6.07, 6.45) is -4.06. The van der Waals surface area contributed by atoms with Crippen molar-refractivity contribution >= 4 is 11.0 Å². The molecule has 8 heteroatoms. The molecule has 1 aliphatic heterocycles. The predicted molar refractivity (Wildman–Crippen MR) is 70.6 cm³/mol. The average molecular weight is 311 g/mol. The van der Waals surface area contributed by atoms with Gasteiger partial charge < -0.3 is 14.0 Å². The molecule has 0 spiro atoms. The zero-order valence-electron chi connectivity index (χ0n) is 11.5. The molecule has 0 saturated carbocycles. The summed E-state index contributed by atoms with van der Waals surface area (Å²) in [5, 5.41) is 8.56. The highest BCUT2D eigenvalue weighted by molar-refractivity contribution is 5.81. The number of hydrogen-bond donors (Lipinski definition) is 0. The Bertz CT molecular complexity index is 746. The Morgan fingerprint density at radius 3 is 2.55 bits per heavy atom. The summed E-state index contributed by atoms with van der Waals surface area (Å²) in [5.74, 6) is -0.161. The molecule has 1 aliphatic rings. The third kappa shape index (κ3) is 2.54. The predicted octanol–water partition coefficient (Wildman–Crippen LogP) is 3.13. The van der Waals surface area contributed by atoms with Gasteiger partial charge in [0.2, 0.25) is 5.82 Å². The Balaban J connectivity index is 2.12. The van der Waals surface area contributed by atoms with Gasteiger partial charge in [-0.15, -0.1) is 0 Å². The van der Waals surface area contributed by atoms with Crippen molar-refractivity contribution in [3.05, 3.63) is 18.0 Å². The fraction of sp³-hybridized carbons (Fsp3) is 0.429. The van der Waals surface area contributed by atoms with Crippen molar-refractivity contribution in [1.29, 1.82) is 5.26 Å². The Morgan fingerprint density at radius 2 is 1.91 bits per heavy atom. The molecular formula is C14H12F3N3O2. The second-order valence-electron chi connectivity index (χ2n) is 4.83. The van der Waals surface area contributed by atoms with Crippen LogP contribution in [-0.4, -0.2) is 22.8 Å². The van der Waals surface area contributed by atoms with E-state index in [1.165, 1.54) is 12.1 Å². The maximum absolute atomic E-state index is 13.2. The SMILES string of the molecule is N#CCCCn1c(C(F)(F)F)nc2cc3c(cc21)OCCO3. The average Bonchev–Trinajstić information content (AvgIpc) is 2.83. The van der Waals surface area contributed by atoms with Crippen LogP contribution in [0.4, 0.5) is 13.2 Å². The van der Waals surface area contributed by atoms with Crippen molar-refractivity contribution in [1.82, 2.24) is 9.55 Å². The Hall–Kier alpha value is -2.43. The van der Waals surface area contributed by atoms with E-state index in [0.717, 1.165) is 4.57 Å². The number of aryl methyl sites for hydroxylation is 1. The summed E-state index contributed by atoms with van der Waals surface area (Å²) >= 11 is 0. The maximum atomic E-state index is 13.2. The molecule has 0 atom stereocenters. The first-order valence-electron chi connectivity index (χ1n) is 6.75. The van der Waals surface area contributed by atoms with Gasteiger partial charge in [-0.2, -0.15) is 18.4 Å². The maximum Gasteiger partial charge on any atom is 0.449 e. The van der Waals surface area contributed by atoms with Crippen LogP contribution in [0.1, 0.15) is 18.7 Å². The van der Waals surface area contributed by atoms with Gasteiger partial charge in [-0.25, -0.2) is 4.98 Å². The van der Waals surface area contributed by atoms with E-state index in [2.05, 4.69) is 4.98 Å². The van der Waals surface area contributed by atoms with E-state index in [1.807, 2.05) is 6.07 Å². The topological polar surface area (TPSA) is 60.1 Å². The molecule has 0 unspecified atom stereocenters. The largest absolute Gasteiger partial charge is 0.486 e. The number of nitrogens with zero attached hydrogens (tertiary/aromatic N) is 3. The van der Waals surface area contributed by atoms with E-state index in [9.17, 15) is 13.2 Å². The molecule has 116 valence electrons. The first-order chi connectivity index (χ1) is 10.5. The van der Waals surface area contributed by atoms with Gasteiger partial charge in [0.15, 0.2) is 11.5 Å². The van der Waals surface area contributed by atoms with Crippen LogP contribution in [0, 0.1) is 11.3 Å². The number of hydrogen-bond acceptors (Lipinski definition) is 4. The fourth-order valence-corrected chi connectivity index (χ4v) is 2.42. The summed E-state index contributed by atoms with van der Waals surface area (Å²) in [4.78, 5) is 3.69. The van der Waals surface area contributed by atoms with Crippen molar-refractivity contribution in [3.8, 4) is 17.6 Å². The number of nitriles is 1. The van der Waals surface area contributed by atoms with Gasteiger partial charge in [-0.05, 0) is 6.42 Å². The molecule has 0 saturated heterocycles. The second-order valence-corrected chi connectivity index (χ2v) is 4.83. The third-order valence-corrected chi connectivity index (χ3v) is 3.34. The molecule has 0 fully saturated rings. The van der Waals surface area contributed by atoms with Gasteiger partial charge in [0.25, 0.3) is 0 Å². The first kappa shape index (κ1) is 14.5. The number of benzene rings is 1. The number of halogens is 3. The molecule has 2 heterocycles. The van der Waals surface area contributed by atoms with E-state index < -0.39 is 12.0 Å². The van der Waals surface area contributed by atoms with E-state index in [-0.39, 0.29) is 18.5 Å². The summed E-state index contributed by atoms with van der Waals surface area (Å²) in [6.45, 7) is 0.777. The van der Waals surface area contributed by atoms with Crippen LogP contribution in [0.3, 0.4) is 0 Å². The Kier molecular flexibility index (Phi) is 3.56. The highest BCUT2D eigenvalue weighted by atomic mass is 19.4. The molecule has 1 aromatic carbocycles. The fourth-order valence-electron chi connectivity index (χ4n) is 2.42. The minimum absolute atomic E-state index is 0.0680. The molecule has 0 amide bonds. The zero-order chi connectivity index (χ0) is 15.7. The van der Waals surface area contributed by atoms with Gasteiger partial charge >= 0.3 is 6.18 Å². The number of fused-ring (bicyclic) bond motifs is 2. The van der Waals surface area contributed by atoms with Gasteiger partial charge in [0.05, 0.1) is 17.1 Å². The number of alkyl halides is 3. The van der Waals surface area contributed by atoms with Crippen LogP contribution in [0.2, 0.25) is 0 Å². The number of unbranched alkanes of at least 4 members (excludes halogenated alkanes) is 1. The van der Waals surface area contributed by atoms with Gasteiger partial charge in [-0.1, -0.05) is 0 Å². The van der Waals surface area contributed by atoms with Crippen LogP contribution < -0.4 is 9.47 Å². The van der Waals surface area contributed by atoms with Crippen molar-refractivity contribution in [2.24, 2.45) is 0 Å². The number of ether oxygens (including phenoxy) is 2. The van der Waals surface area contributed by atoms with E-state index >= 15 is 0 Å². The molecule has 0 N–H and O–H groups in total. The lowest BCUT2D eigenvalue weighted by Gasteiger charge is -2.18. The number of aromatic nitrogens is 2. The highest BCUT2D eigenvalue weighted by Crippen LogP contribution is 2.38. The smallest absolute Gasteiger partial charge is 0.449 e. The molecule has 3 rings (SSSR count). The standard InChI is InChI=1S/C14H12F3N3O2/c15-14(16,17)13-19-9-7-11-12(22-6-5-21-11)8-10(9)20(13)4-2-1-3-18/h7-8H,1-2,4-6H2. The van der Waals surface area contributed by atoms with Gasteiger partial charge in [0.1, 0.15) is 13.2 Å². The van der Waals surface area contributed by atoms with Crippen LogP contribution >= 0.6 is 0 Å². The highest BCUT2D eigenvalue weighted by Gasteiger charge is 2.37. The summed E-state index contributed by atoms with van der Waals surface area (Å²) in [5.41, 5.74) is 0.531. The van der Waals surface area contributed by atoms with Crippen molar-refractivity contribution < 1.29 is 22.6 Å². The van der Waals surface area contributed by atoms with Crippen LogP contribution in [0.25, 0.3) is 11.0 Å². The van der Waals surface area contributed by atoms with Crippen molar-refractivity contribution in [2.45, 2.75) is 25.6 Å². The normalized spacial score (nSPS) is 14.1. The summed E-state index contributed by atoms with van der Waals surface area (Å²) in [6, 6.07) is 4.90. The Morgan fingerprint density at radius 1 is 1.23 bits per heavy atom. The van der Waals surface area contributed by atoms with E-state index in [1.54, 1.807) is 0 Å². The minimum Gasteiger partial charge on any atom is -0.486 e. The molecule has 5 nitrogen and oxygen atoms in total. The van der Waals surface area contributed by atoms with Crippen LogP contribution in [0.5, 0.6) is 11.5 Å². The van der Waals surface area contributed by atoms with Gasteiger partial charge in [-0.3, -0.25) is 0 Å². The zero-order valence-corrected chi connectivity index (χ0v) is 11.5. The third-order valence-electron chi connectivity index (χ3n) is 3.34. The van der Waals surface area contributed by atoms with E-state index in [4.69, 9.17) is 14.7 Å². The molecule has 0 aliphatic carbocycles. The quantitative estimate of drug-likeness (QED) is 0.817. The van der Waals surface area contributed by atoms with Crippen molar-refractivity contribution in [3.63, 3.8) is 0 Å². The lowest BCUT2D eigenvalue weighted by Crippen LogP contribution is -2.16. The summed E-state index contributed by atoms with van der Waals surface area (Å²) < 4.78 is 51.3. The molecule has 0 bridgehead atoms. The monoisotopic (exact) mass is 311 g/mol. The first-order valence-corrected chi connectivity index (χ1v) is 6.75. The molecule has 0 radical (unpaired) electrons. The molecule has 1 aromatic heterocycles. The minimum atomic E-state index is -4.56. The molecular weight excluding hydrogens is 299 g/mol. The molecule has 22 heavy (non-hydrogen) atoms. The van der Waals surface area contributed by atoms with Crippen LogP contribution in [0.15, 0.2) is 12.1 Å². The summed E-state index contributed by atoms with van der Waals surface area (Å²) in [7, 11) is 0. The van der Waals surface area contributed by atoms with Crippen LogP contribution in [-0.2, 0) is 12.7 Å². The Labute approximate surface area is 123 Å². The lowest BCUT2D eigenvalue weighted by molar-refractivity contribution is -0.146.